The van der Waals surface area contributed by atoms with Gasteiger partial charge in [-0.25, -0.2) is 4.98 Å². The monoisotopic (exact) mass is 247 g/mol. The van der Waals surface area contributed by atoms with Gasteiger partial charge >= 0.3 is 0 Å². The van der Waals surface area contributed by atoms with Crippen LogP contribution in [0.4, 0.5) is 0 Å². The molecule has 2 heterocycles. The Morgan fingerprint density at radius 1 is 1.39 bits per heavy atom. The van der Waals surface area contributed by atoms with Crippen LogP contribution in [0.3, 0.4) is 0 Å². The fourth-order valence-electron chi connectivity index (χ4n) is 2.06. The SMILES string of the molecule is CCn1nc(C)cc1Cn1cnc(CCNC)c1. The molecule has 2 aromatic rings. The van der Waals surface area contributed by atoms with Gasteiger partial charge in [0.2, 0.25) is 0 Å². The molecule has 0 saturated heterocycles. The summed E-state index contributed by atoms with van der Waals surface area (Å²) >= 11 is 0. The lowest BCUT2D eigenvalue weighted by molar-refractivity contribution is 0.597. The van der Waals surface area contributed by atoms with Crippen LogP contribution in [0.2, 0.25) is 0 Å². The molecule has 0 saturated carbocycles. The maximum atomic E-state index is 4.45. The van der Waals surface area contributed by atoms with Crippen molar-refractivity contribution in [2.75, 3.05) is 13.6 Å². The first-order valence-corrected chi connectivity index (χ1v) is 6.41. The number of aryl methyl sites for hydroxylation is 2. The zero-order valence-electron chi connectivity index (χ0n) is 11.3. The van der Waals surface area contributed by atoms with Crippen LogP contribution >= 0.6 is 0 Å². The van der Waals surface area contributed by atoms with Gasteiger partial charge in [0, 0.05) is 25.7 Å². The molecule has 0 aromatic carbocycles. The van der Waals surface area contributed by atoms with Crippen LogP contribution in [0.5, 0.6) is 0 Å². The van der Waals surface area contributed by atoms with E-state index in [0.717, 1.165) is 37.4 Å². The highest BCUT2D eigenvalue weighted by atomic mass is 15.3. The van der Waals surface area contributed by atoms with Crippen molar-refractivity contribution in [3.05, 3.63) is 35.7 Å². The first kappa shape index (κ1) is 12.8. The quantitative estimate of drug-likeness (QED) is 0.835. The molecule has 0 amide bonds. The van der Waals surface area contributed by atoms with Crippen LogP contribution in [0.15, 0.2) is 18.6 Å². The Bertz CT molecular complexity index is 497. The number of imidazole rings is 1. The molecule has 0 fully saturated rings. The van der Waals surface area contributed by atoms with Gasteiger partial charge in [0.05, 0.1) is 30.0 Å². The van der Waals surface area contributed by atoms with Crippen LogP contribution in [0.1, 0.15) is 24.0 Å². The van der Waals surface area contributed by atoms with E-state index in [1.807, 2.05) is 25.0 Å². The molecular weight excluding hydrogens is 226 g/mol. The lowest BCUT2D eigenvalue weighted by atomic mass is 10.3. The van der Waals surface area contributed by atoms with Crippen molar-refractivity contribution in [1.29, 1.82) is 0 Å². The highest BCUT2D eigenvalue weighted by Gasteiger charge is 2.05. The normalized spacial score (nSPS) is 11.1. The first-order chi connectivity index (χ1) is 8.72. The summed E-state index contributed by atoms with van der Waals surface area (Å²) < 4.78 is 4.16. The van der Waals surface area contributed by atoms with E-state index in [1.54, 1.807) is 0 Å². The summed E-state index contributed by atoms with van der Waals surface area (Å²) in [6, 6.07) is 2.14. The predicted molar refractivity (Wildman–Crippen MR) is 71.6 cm³/mol. The van der Waals surface area contributed by atoms with E-state index in [1.165, 1.54) is 5.69 Å². The number of hydrogen-bond donors (Lipinski definition) is 1. The van der Waals surface area contributed by atoms with Gasteiger partial charge in [-0.05, 0) is 27.0 Å². The third kappa shape index (κ3) is 2.98. The van der Waals surface area contributed by atoms with Crippen molar-refractivity contribution in [3.63, 3.8) is 0 Å². The molecule has 5 heteroatoms. The van der Waals surface area contributed by atoms with Crippen molar-refractivity contribution in [2.24, 2.45) is 0 Å². The van der Waals surface area contributed by atoms with Gasteiger partial charge < -0.3 is 9.88 Å². The summed E-state index contributed by atoms with van der Waals surface area (Å²) in [5.41, 5.74) is 3.43. The molecule has 2 rings (SSSR count). The number of hydrogen-bond acceptors (Lipinski definition) is 3. The molecule has 0 aliphatic heterocycles. The van der Waals surface area contributed by atoms with Crippen LogP contribution < -0.4 is 5.32 Å². The molecule has 0 spiro atoms. The van der Waals surface area contributed by atoms with Crippen molar-refractivity contribution in [3.8, 4) is 0 Å². The molecular formula is C13H21N5. The Morgan fingerprint density at radius 3 is 2.94 bits per heavy atom. The second-order valence-corrected chi connectivity index (χ2v) is 4.48. The summed E-state index contributed by atoms with van der Waals surface area (Å²) in [4.78, 5) is 4.41. The van der Waals surface area contributed by atoms with Gasteiger partial charge in [-0.1, -0.05) is 0 Å². The van der Waals surface area contributed by atoms with Gasteiger partial charge in [0.1, 0.15) is 0 Å². The van der Waals surface area contributed by atoms with Gasteiger partial charge in [-0.3, -0.25) is 4.68 Å². The molecule has 0 radical (unpaired) electrons. The summed E-state index contributed by atoms with van der Waals surface area (Å²) in [6.45, 7) is 6.85. The summed E-state index contributed by atoms with van der Waals surface area (Å²) in [5.74, 6) is 0. The van der Waals surface area contributed by atoms with E-state index in [0.29, 0.717) is 0 Å². The van der Waals surface area contributed by atoms with E-state index < -0.39 is 0 Å². The lowest BCUT2D eigenvalue weighted by Gasteiger charge is -2.04. The molecule has 1 N–H and O–H groups in total. The van der Waals surface area contributed by atoms with E-state index in [-0.39, 0.29) is 0 Å². The van der Waals surface area contributed by atoms with Gasteiger partial charge in [-0.2, -0.15) is 5.10 Å². The molecule has 0 unspecified atom stereocenters. The fraction of sp³-hybridized carbons (Fsp3) is 0.538. The van der Waals surface area contributed by atoms with E-state index >= 15 is 0 Å². The average Bonchev–Trinajstić information content (AvgIpc) is 2.94. The number of nitrogens with one attached hydrogen (secondary N) is 1. The summed E-state index contributed by atoms with van der Waals surface area (Å²) in [5, 5.41) is 7.59. The maximum Gasteiger partial charge on any atom is 0.0953 e. The van der Waals surface area contributed by atoms with Crippen molar-refractivity contribution in [2.45, 2.75) is 33.4 Å². The Balaban J connectivity index is 2.06. The number of aromatic nitrogens is 4. The van der Waals surface area contributed by atoms with Gasteiger partial charge in [0.25, 0.3) is 0 Å². The lowest BCUT2D eigenvalue weighted by Crippen LogP contribution is -2.10. The first-order valence-electron chi connectivity index (χ1n) is 6.41. The Kier molecular flexibility index (Phi) is 4.15. The smallest absolute Gasteiger partial charge is 0.0953 e. The minimum absolute atomic E-state index is 0.835. The highest BCUT2D eigenvalue weighted by molar-refractivity contribution is 5.10. The van der Waals surface area contributed by atoms with Crippen LogP contribution in [-0.4, -0.2) is 32.9 Å². The zero-order chi connectivity index (χ0) is 13.0. The summed E-state index contributed by atoms with van der Waals surface area (Å²) in [7, 11) is 1.96. The van der Waals surface area contributed by atoms with Crippen molar-refractivity contribution < 1.29 is 0 Å². The Hall–Kier alpha value is -1.62. The minimum Gasteiger partial charge on any atom is -0.331 e. The van der Waals surface area contributed by atoms with Crippen LogP contribution in [0.25, 0.3) is 0 Å². The standard InChI is InChI=1S/C13H21N5/c1-4-18-13(7-11(2)16-18)9-17-8-12(15-10-17)5-6-14-3/h7-8,10,14H,4-6,9H2,1-3H3. The largest absolute Gasteiger partial charge is 0.331 e. The molecule has 98 valence electrons. The predicted octanol–water partition coefficient (Wildman–Crippen LogP) is 1.22. The van der Waals surface area contributed by atoms with Gasteiger partial charge in [-0.15, -0.1) is 0 Å². The van der Waals surface area contributed by atoms with Crippen LogP contribution in [-0.2, 0) is 19.5 Å². The van der Waals surface area contributed by atoms with E-state index in [4.69, 9.17) is 0 Å². The highest BCUT2D eigenvalue weighted by Crippen LogP contribution is 2.07. The van der Waals surface area contributed by atoms with Crippen molar-refractivity contribution in [1.82, 2.24) is 24.6 Å². The van der Waals surface area contributed by atoms with Crippen molar-refractivity contribution >= 4 is 0 Å². The molecule has 0 atom stereocenters. The van der Waals surface area contributed by atoms with E-state index in [2.05, 4.69) is 39.2 Å². The fourth-order valence-corrected chi connectivity index (χ4v) is 2.06. The topological polar surface area (TPSA) is 47.7 Å². The van der Waals surface area contributed by atoms with Gasteiger partial charge in [0.15, 0.2) is 0 Å². The second-order valence-electron chi connectivity index (χ2n) is 4.48. The maximum absolute atomic E-state index is 4.45. The Labute approximate surface area is 108 Å². The molecule has 2 aromatic heterocycles. The molecule has 5 nitrogen and oxygen atoms in total. The molecule has 0 bridgehead atoms. The van der Waals surface area contributed by atoms with Crippen LogP contribution in [0, 0.1) is 6.92 Å². The third-order valence-corrected chi connectivity index (χ3v) is 2.95. The molecule has 0 aliphatic carbocycles. The molecule has 0 aliphatic rings. The number of nitrogens with zero attached hydrogens (tertiary/aromatic N) is 4. The Morgan fingerprint density at radius 2 is 2.22 bits per heavy atom. The zero-order valence-corrected chi connectivity index (χ0v) is 11.3. The number of likely N-dealkylation sites (N-methyl/N-ethyl adjacent to an activating group) is 1. The number of rotatable bonds is 6. The average molecular weight is 247 g/mol. The van der Waals surface area contributed by atoms with E-state index in [9.17, 15) is 0 Å². The molecule has 18 heavy (non-hydrogen) atoms. The minimum atomic E-state index is 0.835. The third-order valence-electron chi connectivity index (χ3n) is 2.95. The summed E-state index contributed by atoms with van der Waals surface area (Å²) in [6.07, 6.45) is 4.97. The second kappa shape index (κ2) is 5.82.